The van der Waals surface area contributed by atoms with Crippen molar-refractivity contribution in [2.45, 2.75) is 6.92 Å². The Morgan fingerprint density at radius 3 is 2.68 bits per heavy atom. The Kier molecular flexibility index (Phi) is 5.57. The van der Waals surface area contributed by atoms with E-state index < -0.39 is 0 Å². The lowest BCUT2D eigenvalue weighted by atomic mass is 10.1. The average molecular weight is 335 g/mol. The summed E-state index contributed by atoms with van der Waals surface area (Å²) in [6.45, 7) is 4.11. The van der Waals surface area contributed by atoms with Crippen LogP contribution in [0.4, 0.5) is 5.69 Å². The maximum Gasteiger partial charge on any atom is 0.261 e. The Bertz CT molecular complexity index is 619. The average Bonchev–Trinajstić information content (AvgIpc) is 2.55. The van der Waals surface area contributed by atoms with Gasteiger partial charge in [0.25, 0.3) is 5.91 Å². The van der Waals surface area contributed by atoms with Crippen LogP contribution in [-0.2, 0) is 4.79 Å². The molecule has 0 radical (unpaired) electrons. The predicted molar refractivity (Wildman–Crippen MR) is 94.5 cm³/mol. The molecule has 7 heteroatoms. The Labute approximate surface area is 140 Å². The number of likely N-dealkylation sites (N-methyl/N-ethyl adjacent to an activating group) is 1. The van der Waals surface area contributed by atoms with Gasteiger partial charge in [0.1, 0.15) is 16.3 Å². The van der Waals surface area contributed by atoms with Crippen molar-refractivity contribution in [2.24, 2.45) is 0 Å². The highest BCUT2D eigenvalue weighted by molar-refractivity contribution is 7.89. The van der Waals surface area contributed by atoms with Crippen LogP contribution >= 0.6 is 24.4 Å². The lowest BCUT2D eigenvalue weighted by Crippen LogP contribution is -2.54. The van der Waals surface area contributed by atoms with Crippen molar-refractivity contribution in [2.75, 3.05) is 31.5 Å². The van der Waals surface area contributed by atoms with Gasteiger partial charge in [0, 0.05) is 25.3 Å². The fourth-order valence-corrected chi connectivity index (χ4v) is 2.92. The molecule has 1 aromatic carbocycles. The summed E-state index contributed by atoms with van der Waals surface area (Å²) in [5.74, 6) is -0.197. The molecule has 5 nitrogen and oxygen atoms in total. The highest BCUT2D eigenvalue weighted by atomic mass is 32.1. The number of thiocarbonyl (C=S) groups is 2. The molecule has 0 unspecified atom stereocenters. The summed E-state index contributed by atoms with van der Waals surface area (Å²) in [4.78, 5) is 27.7. The van der Waals surface area contributed by atoms with E-state index in [9.17, 15) is 9.59 Å². The van der Waals surface area contributed by atoms with Gasteiger partial charge in [-0.25, -0.2) is 0 Å². The number of hydrogen-bond donors (Lipinski definition) is 1. The van der Waals surface area contributed by atoms with Crippen molar-refractivity contribution in [1.29, 1.82) is 0 Å². The zero-order valence-electron chi connectivity index (χ0n) is 12.2. The van der Waals surface area contributed by atoms with Crippen molar-refractivity contribution in [1.82, 2.24) is 9.80 Å². The van der Waals surface area contributed by atoms with Crippen LogP contribution in [0.15, 0.2) is 24.3 Å². The van der Waals surface area contributed by atoms with Gasteiger partial charge in [-0.3, -0.25) is 9.69 Å². The molecule has 1 aromatic rings. The van der Waals surface area contributed by atoms with Crippen LogP contribution in [0, 0.1) is 0 Å². The second kappa shape index (κ2) is 7.42. The molecule has 0 bridgehead atoms. The van der Waals surface area contributed by atoms with E-state index in [1.54, 1.807) is 18.2 Å². The third kappa shape index (κ3) is 3.31. The van der Waals surface area contributed by atoms with Crippen LogP contribution in [0.5, 0.6) is 0 Å². The first-order valence-electron chi connectivity index (χ1n) is 7.01. The lowest BCUT2D eigenvalue weighted by molar-refractivity contribution is -0.106. The lowest BCUT2D eigenvalue weighted by Gasteiger charge is -2.36. The Balaban J connectivity index is 2.23. The number of carbonyl (C=O) groups is 2. The Hall–Kier alpha value is -1.86. The third-order valence-corrected chi connectivity index (χ3v) is 4.46. The summed E-state index contributed by atoms with van der Waals surface area (Å²) in [7, 11) is 0. The number of benzene rings is 1. The fourth-order valence-electron chi connectivity index (χ4n) is 2.29. The van der Waals surface area contributed by atoms with E-state index in [4.69, 9.17) is 24.4 Å². The Morgan fingerprint density at radius 2 is 2.00 bits per heavy atom. The molecule has 1 fully saturated rings. The molecule has 1 saturated heterocycles. The molecule has 0 aromatic heterocycles. The van der Waals surface area contributed by atoms with Gasteiger partial charge in [-0.2, -0.15) is 0 Å². The zero-order chi connectivity index (χ0) is 16.1. The molecule has 1 heterocycles. The minimum Gasteiger partial charge on any atom is -0.378 e. The molecule has 116 valence electrons. The first kappa shape index (κ1) is 16.5. The highest BCUT2D eigenvalue weighted by Crippen LogP contribution is 2.19. The van der Waals surface area contributed by atoms with Crippen LogP contribution < -0.4 is 5.32 Å². The van der Waals surface area contributed by atoms with Crippen molar-refractivity contribution in [3.8, 4) is 0 Å². The van der Waals surface area contributed by atoms with E-state index in [0.717, 1.165) is 12.8 Å². The molecule has 0 spiro atoms. The van der Waals surface area contributed by atoms with Gasteiger partial charge < -0.3 is 15.0 Å². The van der Waals surface area contributed by atoms with E-state index in [1.165, 1.54) is 4.90 Å². The van der Waals surface area contributed by atoms with Crippen LogP contribution in [0.25, 0.3) is 0 Å². The number of carbonyl (C=O) groups excluding carboxylic acids is 2. The van der Waals surface area contributed by atoms with Gasteiger partial charge in [0.05, 0.1) is 12.1 Å². The van der Waals surface area contributed by atoms with E-state index >= 15 is 0 Å². The molecular formula is C15H17N3O2S2. The monoisotopic (exact) mass is 335 g/mol. The van der Waals surface area contributed by atoms with Gasteiger partial charge in [0.15, 0.2) is 0 Å². The number of amides is 1. The number of anilines is 1. The molecule has 0 aliphatic carbocycles. The molecule has 0 atom stereocenters. The summed E-state index contributed by atoms with van der Waals surface area (Å²) < 4.78 is 0. The van der Waals surface area contributed by atoms with Crippen molar-refractivity contribution in [3.05, 3.63) is 29.8 Å². The maximum atomic E-state index is 12.8. The summed E-state index contributed by atoms with van der Waals surface area (Å²) in [6.07, 6.45) is 0.751. The van der Waals surface area contributed by atoms with Crippen molar-refractivity contribution >= 4 is 52.3 Å². The number of aldehydes is 1. The fraction of sp³-hybridized carbons (Fsp3) is 0.333. The van der Waals surface area contributed by atoms with Crippen LogP contribution in [0.1, 0.15) is 17.3 Å². The number of nitrogens with zero attached hydrogens (tertiary/aromatic N) is 2. The van der Waals surface area contributed by atoms with Gasteiger partial charge >= 0.3 is 0 Å². The molecule has 0 saturated carbocycles. The third-order valence-electron chi connectivity index (χ3n) is 3.47. The minimum absolute atomic E-state index is 0.150. The maximum absolute atomic E-state index is 12.8. The summed E-state index contributed by atoms with van der Waals surface area (Å²) in [5.41, 5.74) is 1.10. The predicted octanol–water partition coefficient (Wildman–Crippen LogP) is 1.73. The van der Waals surface area contributed by atoms with Gasteiger partial charge in [-0.1, -0.05) is 36.6 Å². The molecule has 1 N–H and O–H groups in total. The Morgan fingerprint density at radius 1 is 1.27 bits per heavy atom. The van der Waals surface area contributed by atoms with Gasteiger partial charge in [-0.15, -0.1) is 0 Å². The largest absolute Gasteiger partial charge is 0.378 e. The van der Waals surface area contributed by atoms with Crippen molar-refractivity contribution < 1.29 is 9.59 Å². The molecule has 22 heavy (non-hydrogen) atoms. The topological polar surface area (TPSA) is 52.6 Å². The van der Waals surface area contributed by atoms with Gasteiger partial charge in [-0.05, 0) is 19.1 Å². The smallest absolute Gasteiger partial charge is 0.261 e. The number of para-hydroxylation sites is 1. The molecule has 1 amide bonds. The van der Waals surface area contributed by atoms with Crippen LogP contribution in [0.3, 0.4) is 0 Å². The van der Waals surface area contributed by atoms with E-state index in [1.807, 2.05) is 17.9 Å². The summed E-state index contributed by atoms with van der Waals surface area (Å²) in [6, 6.07) is 7.07. The van der Waals surface area contributed by atoms with E-state index in [0.29, 0.717) is 34.3 Å². The number of piperazine rings is 1. The number of hydrogen-bond acceptors (Lipinski definition) is 5. The van der Waals surface area contributed by atoms with Gasteiger partial charge in [0.2, 0.25) is 0 Å². The molecular weight excluding hydrogens is 318 g/mol. The normalized spacial score (nSPS) is 15.0. The molecule has 1 aliphatic rings. The highest BCUT2D eigenvalue weighted by Gasteiger charge is 2.30. The van der Waals surface area contributed by atoms with Crippen molar-refractivity contribution in [3.63, 3.8) is 0 Å². The number of nitrogens with one attached hydrogen (secondary N) is 1. The first-order valence-corrected chi connectivity index (χ1v) is 7.83. The quantitative estimate of drug-likeness (QED) is 0.653. The van der Waals surface area contributed by atoms with Crippen LogP contribution in [-0.4, -0.2) is 58.1 Å². The number of rotatable bonds is 5. The first-order chi connectivity index (χ1) is 10.6. The molecule has 1 aliphatic heterocycles. The summed E-state index contributed by atoms with van der Waals surface area (Å²) >= 11 is 10.7. The second-order valence-electron chi connectivity index (χ2n) is 4.74. The SMILES string of the molecule is CCN1CCN(C(=O)c2ccccc2NCC=O)C(=S)C1=S. The summed E-state index contributed by atoms with van der Waals surface area (Å²) in [5, 5.41) is 2.93. The van der Waals surface area contributed by atoms with E-state index in [-0.39, 0.29) is 12.5 Å². The van der Waals surface area contributed by atoms with Crippen LogP contribution in [0.2, 0.25) is 0 Å². The molecule has 2 rings (SSSR count). The second-order valence-corrected chi connectivity index (χ2v) is 5.51. The minimum atomic E-state index is -0.197. The van der Waals surface area contributed by atoms with E-state index in [2.05, 4.69) is 5.32 Å². The zero-order valence-corrected chi connectivity index (χ0v) is 13.9. The standard InChI is InChI=1S/C15H17N3O2S2/c1-2-17-8-9-18(15(22)14(17)21)13(20)11-5-3-4-6-12(11)16-7-10-19/h3-6,10,16H,2,7-9H2,1H3.